The van der Waals surface area contributed by atoms with Crippen LogP contribution in [-0.2, 0) is 39.9 Å². The first kappa shape index (κ1) is 48.8. The lowest BCUT2D eigenvalue weighted by Gasteiger charge is -2.42. The minimum atomic E-state index is -1.13. The molecule has 0 spiro atoms. The molecule has 0 aromatic heterocycles. The van der Waals surface area contributed by atoms with Crippen LogP contribution in [0.5, 0.6) is 0 Å². The second kappa shape index (κ2) is 22.0. The maximum Gasteiger partial charge on any atom is 0.326 e. The second-order valence-electron chi connectivity index (χ2n) is 17.7. The van der Waals surface area contributed by atoms with Crippen molar-refractivity contribution in [3.63, 3.8) is 0 Å². The number of Topliss-reactive ketones (excluding diaryl/α,β-unsaturated/α-hetero) is 1. The van der Waals surface area contributed by atoms with Gasteiger partial charge in [-0.25, -0.2) is 4.79 Å². The molecule has 56 heavy (non-hydrogen) atoms. The van der Waals surface area contributed by atoms with E-state index in [9.17, 15) is 29.1 Å². The molecular weight excluding hydrogens is 713 g/mol. The van der Waals surface area contributed by atoms with E-state index in [0.29, 0.717) is 19.4 Å². The number of carbonyl (C=O) groups excluding carboxylic acids is 4. The average Bonchev–Trinajstić information content (AvgIpc) is 3.62. The number of carbonyl (C=O) groups is 5. The van der Waals surface area contributed by atoms with Gasteiger partial charge in [-0.3, -0.25) is 24.1 Å². The van der Waals surface area contributed by atoms with E-state index in [1.807, 2.05) is 72.0 Å². The van der Waals surface area contributed by atoms with Crippen LogP contribution in [-0.4, -0.2) is 126 Å². The highest BCUT2D eigenvalue weighted by Gasteiger charge is 2.44. The van der Waals surface area contributed by atoms with E-state index in [1.54, 1.807) is 30.9 Å². The zero-order valence-corrected chi connectivity index (χ0v) is 36.8. The number of likely N-dealkylation sites (tertiary alicyclic amines) is 1. The zero-order valence-electron chi connectivity index (χ0n) is 36.8. The molecule has 12 heteroatoms. The normalized spacial score (nSPS) is 19.2. The molecular formula is C44H74N4O8. The van der Waals surface area contributed by atoms with Gasteiger partial charge < -0.3 is 29.7 Å². The summed E-state index contributed by atoms with van der Waals surface area (Å²) in [7, 11) is 6.80. The van der Waals surface area contributed by atoms with E-state index in [1.165, 1.54) is 7.11 Å². The van der Waals surface area contributed by atoms with Crippen molar-refractivity contribution in [3.05, 3.63) is 35.9 Å². The fourth-order valence-corrected chi connectivity index (χ4v) is 8.32. The van der Waals surface area contributed by atoms with Crippen LogP contribution in [0.1, 0.15) is 107 Å². The average molecular weight is 787 g/mol. The Labute approximate surface area is 337 Å². The van der Waals surface area contributed by atoms with Crippen LogP contribution in [0.3, 0.4) is 0 Å². The van der Waals surface area contributed by atoms with Crippen LogP contribution in [0, 0.1) is 29.6 Å². The third-order valence-corrected chi connectivity index (χ3v) is 12.1. The lowest BCUT2D eigenvalue weighted by atomic mass is 9.83. The number of ketones is 1. The first-order chi connectivity index (χ1) is 26.1. The van der Waals surface area contributed by atoms with Crippen molar-refractivity contribution in [1.82, 2.24) is 20.0 Å². The standard InChI is InChI=1S/C44H74N4O8/c1-15-29(6)39(46(11)42(52)32(27(2)3)25-35(49)38(28(4)5)47(12)44(8,9)10)36(55-13)26-37(50)48-23-19-22-34(48)40(56-14)30(7)41(51)45-33(43(53)54)24-31-20-17-16-18-21-31/h16-18,20-21,27-30,32-34,36,38-40H,15,19,22-26H2,1-14H3,(H,45,51)(H,53,54)/t29?,30-,32+,33+,34+,36-,38+,39+,40-/m1/s1. The fourth-order valence-electron chi connectivity index (χ4n) is 8.32. The van der Waals surface area contributed by atoms with Gasteiger partial charge in [0.25, 0.3) is 0 Å². The highest BCUT2D eigenvalue weighted by Crippen LogP contribution is 2.31. The quantitative estimate of drug-likeness (QED) is 0.151. The predicted molar refractivity (Wildman–Crippen MR) is 220 cm³/mol. The maximum absolute atomic E-state index is 14.5. The lowest BCUT2D eigenvalue weighted by molar-refractivity contribution is -0.149. The Balaban J connectivity index is 2.30. The van der Waals surface area contributed by atoms with Crippen molar-refractivity contribution < 1.29 is 38.6 Å². The van der Waals surface area contributed by atoms with Gasteiger partial charge in [-0.1, -0.05) is 85.2 Å². The highest BCUT2D eigenvalue weighted by molar-refractivity contribution is 5.90. The van der Waals surface area contributed by atoms with Crippen LogP contribution in [0.15, 0.2) is 30.3 Å². The van der Waals surface area contributed by atoms with Crippen LogP contribution in [0.4, 0.5) is 0 Å². The van der Waals surface area contributed by atoms with E-state index in [4.69, 9.17) is 9.47 Å². The number of rotatable bonds is 22. The van der Waals surface area contributed by atoms with Crippen molar-refractivity contribution in [2.45, 2.75) is 150 Å². The lowest BCUT2D eigenvalue weighted by Crippen LogP contribution is -2.55. The van der Waals surface area contributed by atoms with Gasteiger partial charge in [-0.15, -0.1) is 0 Å². The number of likely N-dealkylation sites (N-methyl/N-ethyl adjacent to an activating group) is 2. The van der Waals surface area contributed by atoms with E-state index in [0.717, 1.165) is 12.0 Å². The number of hydrogen-bond donors (Lipinski definition) is 2. The molecule has 12 nitrogen and oxygen atoms in total. The van der Waals surface area contributed by atoms with Crippen molar-refractivity contribution in [3.8, 4) is 0 Å². The predicted octanol–water partition coefficient (Wildman–Crippen LogP) is 5.71. The first-order valence-corrected chi connectivity index (χ1v) is 20.6. The van der Waals surface area contributed by atoms with Crippen molar-refractivity contribution >= 4 is 29.5 Å². The topological polar surface area (TPSA) is 146 Å². The molecule has 1 aliphatic heterocycles. The van der Waals surface area contributed by atoms with E-state index in [2.05, 4.69) is 37.9 Å². The zero-order chi connectivity index (χ0) is 42.7. The number of nitrogens with one attached hydrogen (secondary N) is 1. The van der Waals surface area contributed by atoms with Crippen molar-refractivity contribution in [2.75, 3.05) is 34.9 Å². The molecule has 0 radical (unpaired) electrons. The molecule has 1 aromatic rings. The largest absolute Gasteiger partial charge is 0.480 e. The molecule has 1 fully saturated rings. The number of carboxylic acids is 1. The molecule has 0 aliphatic carbocycles. The van der Waals surface area contributed by atoms with Crippen LogP contribution in [0.25, 0.3) is 0 Å². The Bertz CT molecular complexity index is 1430. The molecule has 0 saturated carbocycles. The summed E-state index contributed by atoms with van der Waals surface area (Å²) < 4.78 is 11.9. The number of ether oxygens (including phenoxy) is 2. The summed E-state index contributed by atoms with van der Waals surface area (Å²) in [5, 5.41) is 12.6. The SMILES string of the molecule is CCC(C)[C@@H]([C@@H](CC(=O)N1CCC[C@H]1[C@H](OC)[C@@H](C)C(=O)N[C@@H](Cc1ccccc1)C(=O)O)OC)N(C)C(=O)[C@@H](CC(=O)[C@H](C(C)C)N(C)C(C)(C)C)C(C)C. The molecule has 2 rings (SSSR count). The Kier molecular flexibility index (Phi) is 19.1. The number of benzene rings is 1. The molecule has 318 valence electrons. The first-order valence-electron chi connectivity index (χ1n) is 20.6. The number of carboxylic acid groups (broad SMARTS) is 1. The Hall–Kier alpha value is -3.35. The van der Waals surface area contributed by atoms with Gasteiger partial charge in [-0.05, 0) is 64.0 Å². The Morgan fingerprint density at radius 2 is 1.54 bits per heavy atom. The number of nitrogens with zero attached hydrogens (tertiary/aromatic N) is 3. The summed E-state index contributed by atoms with van der Waals surface area (Å²) in [6.45, 7) is 20.5. The number of aliphatic carboxylic acids is 1. The molecule has 1 unspecified atom stereocenters. The monoisotopic (exact) mass is 787 g/mol. The molecule has 1 heterocycles. The number of methoxy groups -OCH3 is 2. The van der Waals surface area contributed by atoms with E-state index in [-0.39, 0.29) is 66.2 Å². The summed E-state index contributed by atoms with van der Waals surface area (Å²) in [5.74, 6) is -3.22. The molecule has 3 amide bonds. The van der Waals surface area contributed by atoms with Crippen LogP contribution >= 0.6 is 0 Å². The summed E-state index contributed by atoms with van der Waals surface area (Å²) in [5.41, 5.74) is 0.559. The van der Waals surface area contributed by atoms with Crippen LogP contribution in [0.2, 0.25) is 0 Å². The Morgan fingerprint density at radius 1 is 0.929 bits per heavy atom. The van der Waals surface area contributed by atoms with Gasteiger partial charge >= 0.3 is 5.97 Å². The molecule has 1 aliphatic rings. The number of amides is 3. The third kappa shape index (κ3) is 12.8. The van der Waals surface area contributed by atoms with Crippen LogP contribution < -0.4 is 5.32 Å². The smallest absolute Gasteiger partial charge is 0.326 e. The van der Waals surface area contributed by atoms with Crippen molar-refractivity contribution in [1.29, 1.82) is 0 Å². The fraction of sp³-hybridized carbons (Fsp3) is 0.750. The summed E-state index contributed by atoms with van der Waals surface area (Å²) in [6, 6.07) is 6.80. The molecule has 1 saturated heterocycles. The summed E-state index contributed by atoms with van der Waals surface area (Å²) in [6.07, 6.45) is 1.01. The van der Waals surface area contributed by atoms with Crippen molar-refractivity contribution in [2.24, 2.45) is 29.6 Å². The summed E-state index contributed by atoms with van der Waals surface area (Å²) in [4.78, 5) is 73.9. The third-order valence-electron chi connectivity index (χ3n) is 12.1. The second-order valence-corrected chi connectivity index (χ2v) is 17.7. The molecule has 9 atom stereocenters. The van der Waals surface area contributed by atoms with E-state index >= 15 is 0 Å². The molecule has 2 N–H and O–H groups in total. The van der Waals surface area contributed by atoms with Gasteiger partial charge in [0.15, 0.2) is 5.78 Å². The van der Waals surface area contributed by atoms with Gasteiger partial charge in [0.1, 0.15) is 6.04 Å². The number of hydrogen-bond acceptors (Lipinski definition) is 8. The minimum Gasteiger partial charge on any atom is -0.480 e. The summed E-state index contributed by atoms with van der Waals surface area (Å²) >= 11 is 0. The van der Waals surface area contributed by atoms with E-state index < -0.39 is 54.0 Å². The van der Waals surface area contributed by atoms with Gasteiger partial charge in [0.2, 0.25) is 17.7 Å². The maximum atomic E-state index is 14.5. The van der Waals surface area contributed by atoms with Gasteiger partial charge in [0, 0.05) is 52.1 Å². The molecule has 1 aromatic carbocycles. The van der Waals surface area contributed by atoms with Gasteiger partial charge in [0.05, 0.1) is 42.7 Å². The molecule has 0 bridgehead atoms. The highest BCUT2D eigenvalue weighted by atomic mass is 16.5. The Morgan fingerprint density at radius 3 is 2.02 bits per heavy atom. The minimum absolute atomic E-state index is 0.00583. The van der Waals surface area contributed by atoms with Gasteiger partial charge in [-0.2, -0.15) is 0 Å².